The number of anilines is 1. The molecule has 1 nitrogen and oxygen atoms in total. The van der Waals surface area contributed by atoms with E-state index >= 15 is 0 Å². The normalized spacial score (nSPS) is 24.3. The van der Waals surface area contributed by atoms with Crippen LogP contribution < -0.4 is 5.32 Å². The van der Waals surface area contributed by atoms with E-state index in [1.54, 1.807) is 12.1 Å². The van der Waals surface area contributed by atoms with Gasteiger partial charge >= 0.3 is 0 Å². The van der Waals surface area contributed by atoms with Crippen LogP contribution in [0.15, 0.2) is 18.2 Å². The Bertz CT molecular complexity index is 397. The lowest BCUT2D eigenvalue weighted by molar-refractivity contribution is 0.267. The third kappa shape index (κ3) is 3.38. The molecule has 0 saturated heterocycles. The Labute approximate surface area is 114 Å². The van der Waals surface area contributed by atoms with Crippen LogP contribution in [-0.4, -0.2) is 6.04 Å². The second-order valence-electron chi connectivity index (χ2n) is 5.63. The largest absolute Gasteiger partial charge is 0.382 e. The molecule has 1 fully saturated rings. The van der Waals surface area contributed by atoms with E-state index in [9.17, 15) is 4.39 Å². The SMILES string of the molecule is CC(C)C1CCC(Nc2ccc(F)c(Cl)c2)CC1. The molecule has 18 heavy (non-hydrogen) atoms. The van der Waals surface area contributed by atoms with Crippen molar-refractivity contribution in [3.8, 4) is 0 Å². The number of halogens is 2. The van der Waals surface area contributed by atoms with Crippen molar-refractivity contribution in [2.45, 2.75) is 45.6 Å². The molecule has 1 saturated carbocycles. The number of hydrogen-bond donors (Lipinski definition) is 1. The number of rotatable bonds is 3. The zero-order valence-electron chi connectivity index (χ0n) is 11.0. The maximum Gasteiger partial charge on any atom is 0.141 e. The highest BCUT2D eigenvalue weighted by Crippen LogP contribution is 2.31. The van der Waals surface area contributed by atoms with Gasteiger partial charge in [-0.05, 0) is 55.7 Å². The van der Waals surface area contributed by atoms with Crippen molar-refractivity contribution in [3.05, 3.63) is 29.0 Å². The topological polar surface area (TPSA) is 12.0 Å². The maximum absolute atomic E-state index is 13.1. The van der Waals surface area contributed by atoms with Gasteiger partial charge in [-0.2, -0.15) is 0 Å². The Morgan fingerprint density at radius 2 is 1.89 bits per heavy atom. The third-order valence-corrected chi connectivity index (χ3v) is 4.29. The molecule has 1 aromatic carbocycles. The van der Waals surface area contributed by atoms with E-state index in [0.29, 0.717) is 6.04 Å². The van der Waals surface area contributed by atoms with Gasteiger partial charge in [0, 0.05) is 11.7 Å². The van der Waals surface area contributed by atoms with Gasteiger partial charge in [0.25, 0.3) is 0 Å². The summed E-state index contributed by atoms with van der Waals surface area (Å²) in [6.45, 7) is 4.61. The molecule has 1 aliphatic rings. The summed E-state index contributed by atoms with van der Waals surface area (Å²) in [5, 5.41) is 3.65. The van der Waals surface area contributed by atoms with Crippen molar-refractivity contribution in [2.24, 2.45) is 11.8 Å². The first-order chi connectivity index (χ1) is 8.56. The Balaban J connectivity index is 1.89. The average Bonchev–Trinajstić information content (AvgIpc) is 2.34. The summed E-state index contributed by atoms with van der Waals surface area (Å²) in [5.74, 6) is 1.29. The molecule has 1 N–H and O–H groups in total. The van der Waals surface area contributed by atoms with Crippen molar-refractivity contribution in [1.82, 2.24) is 0 Å². The van der Waals surface area contributed by atoms with Crippen LogP contribution in [0.4, 0.5) is 10.1 Å². The molecule has 0 atom stereocenters. The Morgan fingerprint density at radius 3 is 2.44 bits per heavy atom. The number of hydrogen-bond acceptors (Lipinski definition) is 1. The van der Waals surface area contributed by atoms with Gasteiger partial charge in [0.15, 0.2) is 0 Å². The minimum atomic E-state index is -0.356. The number of nitrogens with one attached hydrogen (secondary N) is 1. The highest BCUT2D eigenvalue weighted by Gasteiger charge is 2.23. The van der Waals surface area contributed by atoms with Gasteiger partial charge in [-0.25, -0.2) is 4.39 Å². The summed E-state index contributed by atoms with van der Waals surface area (Å²) in [4.78, 5) is 0. The van der Waals surface area contributed by atoms with Gasteiger partial charge in [0.05, 0.1) is 5.02 Å². The standard InChI is InChI=1S/C15H21ClFN/c1-10(2)11-3-5-12(6-4-11)18-13-7-8-15(17)14(16)9-13/h7-12,18H,3-6H2,1-2H3. The average molecular weight is 270 g/mol. The van der Waals surface area contributed by atoms with Crippen LogP contribution in [0.3, 0.4) is 0 Å². The quantitative estimate of drug-likeness (QED) is 0.804. The summed E-state index contributed by atoms with van der Waals surface area (Å²) in [7, 11) is 0. The van der Waals surface area contributed by atoms with Gasteiger partial charge in [0.2, 0.25) is 0 Å². The van der Waals surface area contributed by atoms with Crippen LogP contribution >= 0.6 is 11.6 Å². The predicted octanol–water partition coefficient (Wildman–Crippen LogP) is 5.11. The van der Waals surface area contributed by atoms with Crippen molar-refractivity contribution < 1.29 is 4.39 Å². The molecule has 0 aromatic heterocycles. The minimum absolute atomic E-state index is 0.191. The van der Waals surface area contributed by atoms with Crippen LogP contribution in [0, 0.1) is 17.7 Å². The highest BCUT2D eigenvalue weighted by molar-refractivity contribution is 6.31. The Hall–Kier alpha value is -0.760. The first kappa shape index (κ1) is 13.7. The molecule has 0 unspecified atom stereocenters. The van der Waals surface area contributed by atoms with Gasteiger partial charge in [0.1, 0.15) is 5.82 Å². The molecule has 0 heterocycles. The first-order valence-corrected chi connectivity index (χ1v) is 7.15. The van der Waals surface area contributed by atoms with Crippen LogP contribution in [0.1, 0.15) is 39.5 Å². The molecule has 0 spiro atoms. The third-order valence-electron chi connectivity index (χ3n) is 4.01. The van der Waals surface area contributed by atoms with Crippen molar-refractivity contribution >= 4 is 17.3 Å². The van der Waals surface area contributed by atoms with Crippen molar-refractivity contribution in [1.29, 1.82) is 0 Å². The van der Waals surface area contributed by atoms with E-state index in [0.717, 1.165) is 17.5 Å². The summed E-state index contributed by atoms with van der Waals surface area (Å²) in [6, 6.07) is 5.35. The lowest BCUT2D eigenvalue weighted by Crippen LogP contribution is -2.27. The molecule has 2 rings (SSSR count). The second-order valence-corrected chi connectivity index (χ2v) is 6.04. The molecule has 0 aliphatic heterocycles. The monoisotopic (exact) mass is 269 g/mol. The zero-order valence-corrected chi connectivity index (χ0v) is 11.8. The lowest BCUT2D eigenvalue weighted by atomic mass is 9.79. The summed E-state index contributed by atoms with van der Waals surface area (Å²) in [5.41, 5.74) is 0.925. The van der Waals surface area contributed by atoms with Crippen molar-refractivity contribution in [3.63, 3.8) is 0 Å². The molecule has 3 heteroatoms. The number of benzene rings is 1. The molecule has 0 radical (unpaired) electrons. The lowest BCUT2D eigenvalue weighted by Gasteiger charge is -2.31. The molecular weight excluding hydrogens is 249 g/mol. The van der Waals surface area contributed by atoms with Crippen LogP contribution in [0.25, 0.3) is 0 Å². The van der Waals surface area contributed by atoms with E-state index in [2.05, 4.69) is 19.2 Å². The predicted molar refractivity (Wildman–Crippen MR) is 75.6 cm³/mol. The molecule has 0 bridgehead atoms. The van der Waals surface area contributed by atoms with E-state index in [1.807, 2.05) is 0 Å². The maximum atomic E-state index is 13.1. The second kappa shape index (κ2) is 5.92. The van der Waals surface area contributed by atoms with Gasteiger partial charge in [-0.1, -0.05) is 25.4 Å². The van der Waals surface area contributed by atoms with Crippen LogP contribution in [0.2, 0.25) is 5.02 Å². The summed E-state index contributed by atoms with van der Waals surface area (Å²) >= 11 is 5.78. The van der Waals surface area contributed by atoms with Crippen LogP contribution in [0.5, 0.6) is 0 Å². The molecule has 100 valence electrons. The smallest absolute Gasteiger partial charge is 0.141 e. The molecule has 1 aliphatic carbocycles. The van der Waals surface area contributed by atoms with Crippen molar-refractivity contribution in [2.75, 3.05) is 5.32 Å². The fourth-order valence-electron chi connectivity index (χ4n) is 2.75. The molecular formula is C15H21ClFN. The molecule has 1 aromatic rings. The van der Waals surface area contributed by atoms with E-state index in [1.165, 1.54) is 31.7 Å². The minimum Gasteiger partial charge on any atom is -0.382 e. The highest BCUT2D eigenvalue weighted by atomic mass is 35.5. The van der Waals surface area contributed by atoms with E-state index in [-0.39, 0.29) is 10.8 Å². The Kier molecular flexibility index (Phi) is 4.50. The molecule has 0 amide bonds. The summed E-state index contributed by atoms with van der Waals surface area (Å²) < 4.78 is 13.1. The van der Waals surface area contributed by atoms with E-state index in [4.69, 9.17) is 11.6 Å². The fourth-order valence-corrected chi connectivity index (χ4v) is 2.93. The van der Waals surface area contributed by atoms with Crippen LogP contribution in [-0.2, 0) is 0 Å². The van der Waals surface area contributed by atoms with Gasteiger partial charge in [-0.15, -0.1) is 0 Å². The fraction of sp³-hybridized carbons (Fsp3) is 0.600. The zero-order chi connectivity index (χ0) is 13.1. The van der Waals surface area contributed by atoms with E-state index < -0.39 is 0 Å². The summed E-state index contributed by atoms with van der Waals surface area (Å²) in [6.07, 6.45) is 4.95. The van der Waals surface area contributed by atoms with Gasteiger partial charge < -0.3 is 5.32 Å². The Morgan fingerprint density at radius 1 is 1.22 bits per heavy atom. The first-order valence-electron chi connectivity index (χ1n) is 6.78. The van der Waals surface area contributed by atoms with Gasteiger partial charge in [-0.3, -0.25) is 0 Å².